The molecule has 0 spiro atoms. The Balaban J connectivity index is 1.59. The van der Waals surface area contributed by atoms with Crippen LogP contribution in [-0.4, -0.2) is 19.7 Å². The normalized spacial score (nSPS) is 12.4. The molecule has 0 radical (unpaired) electrons. The number of fused-ring (bicyclic) bond motifs is 1. The predicted octanol–water partition coefficient (Wildman–Crippen LogP) is 4.58. The Labute approximate surface area is 165 Å². The molecule has 0 amide bonds. The van der Waals surface area contributed by atoms with Crippen molar-refractivity contribution in [3.05, 3.63) is 63.9 Å². The SMILES string of the molecule is CCCn1c(=O)[nH]c2cc(-c3noc(C(C)Oc4cccc(Cl)c4)n3)ccc21. The van der Waals surface area contributed by atoms with Crippen LogP contribution >= 0.6 is 11.6 Å². The van der Waals surface area contributed by atoms with Crippen LogP contribution in [0.25, 0.3) is 22.4 Å². The lowest BCUT2D eigenvalue weighted by Gasteiger charge is -2.10. The number of aromatic amines is 1. The average molecular weight is 399 g/mol. The van der Waals surface area contributed by atoms with Crippen LogP contribution in [0, 0.1) is 0 Å². The van der Waals surface area contributed by atoms with Gasteiger partial charge in [-0.3, -0.25) is 4.57 Å². The van der Waals surface area contributed by atoms with Crippen LogP contribution in [-0.2, 0) is 6.54 Å². The van der Waals surface area contributed by atoms with E-state index in [1.807, 2.05) is 44.2 Å². The zero-order chi connectivity index (χ0) is 19.7. The summed E-state index contributed by atoms with van der Waals surface area (Å²) in [5, 5.41) is 4.64. The van der Waals surface area contributed by atoms with E-state index in [0.717, 1.165) is 23.0 Å². The van der Waals surface area contributed by atoms with Gasteiger partial charge in [-0.25, -0.2) is 4.79 Å². The van der Waals surface area contributed by atoms with Crippen LogP contribution < -0.4 is 10.4 Å². The molecule has 0 fully saturated rings. The molecule has 7 nitrogen and oxygen atoms in total. The fourth-order valence-corrected chi connectivity index (χ4v) is 3.24. The number of nitrogens with zero attached hydrogens (tertiary/aromatic N) is 3. The number of hydrogen-bond acceptors (Lipinski definition) is 5. The maximum absolute atomic E-state index is 12.1. The van der Waals surface area contributed by atoms with Gasteiger partial charge in [0.2, 0.25) is 5.82 Å². The highest BCUT2D eigenvalue weighted by Crippen LogP contribution is 2.26. The third-order valence-electron chi connectivity index (χ3n) is 4.38. The van der Waals surface area contributed by atoms with E-state index in [9.17, 15) is 4.79 Å². The Morgan fingerprint density at radius 1 is 1.29 bits per heavy atom. The molecule has 2 heterocycles. The van der Waals surface area contributed by atoms with Crippen molar-refractivity contribution in [2.75, 3.05) is 0 Å². The number of aromatic nitrogens is 4. The van der Waals surface area contributed by atoms with Crippen LogP contribution in [0.2, 0.25) is 5.02 Å². The molecule has 4 aromatic rings. The van der Waals surface area contributed by atoms with Gasteiger partial charge in [0.1, 0.15) is 5.75 Å². The van der Waals surface area contributed by atoms with Crippen molar-refractivity contribution >= 4 is 22.6 Å². The van der Waals surface area contributed by atoms with E-state index in [0.29, 0.717) is 29.0 Å². The molecule has 0 aliphatic carbocycles. The molecule has 1 unspecified atom stereocenters. The number of hydrogen-bond donors (Lipinski definition) is 1. The highest BCUT2D eigenvalue weighted by atomic mass is 35.5. The molecule has 0 aliphatic rings. The summed E-state index contributed by atoms with van der Waals surface area (Å²) in [7, 11) is 0. The number of halogens is 1. The number of nitrogens with one attached hydrogen (secondary N) is 1. The first-order valence-corrected chi connectivity index (χ1v) is 9.41. The molecule has 8 heteroatoms. The minimum Gasteiger partial charge on any atom is -0.481 e. The molecule has 0 saturated heterocycles. The molecule has 2 aromatic heterocycles. The Bertz CT molecular complexity index is 1180. The highest BCUT2D eigenvalue weighted by molar-refractivity contribution is 6.30. The maximum Gasteiger partial charge on any atom is 0.326 e. The van der Waals surface area contributed by atoms with Gasteiger partial charge >= 0.3 is 5.69 Å². The van der Waals surface area contributed by atoms with E-state index in [4.69, 9.17) is 20.9 Å². The number of imidazole rings is 1. The van der Waals surface area contributed by atoms with Crippen molar-refractivity contribution in [1.29, 1.82) is 0 Å². The number of H-pyrrole nitrogens is 1. The maximum atomic E-state index is 12.1. The Morgan fingerprint density at radius 3 is 2.93 bits per heavy atom. The summed E-state index contributed by atoms with van der Waals surface area (Å²) >= 11 is 5.98. The fraction of sp³-hybridized carbons (Fsp3) is 0.250. The Hall–Kier alpha value is -3.06. The molecule has 28 heavy (non-hydrogen) atoms. The molecule has 144 valence electrons. The zero-order valence-corrected chi connectivity index (χ0v) is 16.2. The molecule has 0 aliphatic heterocycles. The van der Waals surface area contributed by atoms with Crippen molar-refractivity contribution in [3.8, 4) is 17.1 Å². The van der Waals surface area contributed by atoms with Gasteiger partial charge in [-0.1, -0.05) is 29.7 Å². The lowest BCUT2D eigenvalue weighted by molar-refractivity contribution is 0.176. The summed E-state index contributed by atoms with van der Waals surface area (Å²) in [6, 6.07) is 12.7. The van der Waals surface area contributed by atoms with Gasteiger partial charge in [0.25, 0.3) is 5.89 Å². The van der Waals surface area contributed by atoms with Crippen molar-refractivity contribution in [2.24, 2.45) is 0 Å². The van der Waals surface area contributed by atoms with Crippen molar-refractivity contribution in [2.45, 2.75) is 32.9 Å². The quantitative estimate of drug-likeness (QED) is 0.513. The van der Waals surface area contributed by atoms with Crippen molar-refractivity contribution < 1.29 is 9.26 Å². The second-order valence-electron chi connectivity index (χ2n) is 6.49. The lowest BCUT2D eigenvalue weighted by Crippen LogP contribution is -2.16. The molecule has 0 bridgehead atoms. The summed E-state index contributed by atoms with van der Waals surface area (Å²) < 4.78 is 12.9. The minimum atomic E-state index is -0.436. The number of benzene rings is 2. The highest BCUT2D eigenvalue weighted by Gasteiger charge is 2.18. The molecule has 2 aromatic carbocycles. The molecule has 1 N–H and O–H groups in total. The first kappa shape index (κ1) is 18.3. The monoisotopic (exact) mass is 398 g/mol. The third kappa shape index (κ3) is 3.53. The van der Waals surface area contributed by atoms with Gasteiger partial charge in [-0.15, -0.1) is 0 Å². The van der Waals surface area contributed by atoms with Gasteiger partial charge in [-0.05, 0) is 49.7 Å². The molecular weight excluding hydrogens is 380 g/mol. The van der Waals surface area contributed by atoms with Gasteiger partial charge in [0.05, 0.1) is 11.0 Å². The van der Waals surface area contributed by atoms with Crippen LogP contribution in [0.5, 0.6) is 5.75 Å². The summed E-state index contributed by atoms with van der Waals surface area (Å²) in [5.41, 5.74) is 2.23. The van der Waals surface area contributed by atoms with Crippen LogP contribution in [0.15, 0.2) is 51.8 Å². The standard InChI is InChI=1S/C20H19ClN4O3/c1-3-9-25-17-8-7-13(10-16(17)22-20(25)26)18-23-19(28-24-18)12(2)27-15-6-4-5-14(21)11-15/h4-8,10-12H,3,9H2,1-2H3,(H,22,26). The number of aryl methyl sites for hydroxylation is 1. The van der Waals surface area contributed by atoms with Gasteiger partial charge in [-0.2, -0.15) is 4.98 Å². The molecule has 1 atom stereocenters. The van der Waals surface area contributed by atoms with E-state index in [1.165, 1.54) is 0 Å². The first-order chi connectivity index (χ1) is 13.5. The predicted molar refractivity (Wildman–Crippen MR) is 107 cm³/mol. The van der Waals surface area contributed by atoms with E-state index in [1.54, 1.807) is 16.7 Å². The van der Waals surface area contributed by atoms with Crippen LogP contribution in [0.4, 0.5) is 0 Å². The second-order valence-corrected chi connectivity index (χ2v) is 6.92. The van der Waals surface area contributed by atoms with E-state index in [-0.39, 0.29) is 5.69 Å². The zero-order valence-electron chi connectivity index (χ0n) is 15.5. The summed E-state index contributed by atoms with van der Waals surface area (Å²) in [6.45, 7) is 4.53. The Morgan fingerprint density at radius 2 is 2.14 bits per heavy atom. The van der Waals surface area contributed by atoms with Gasteiger partial charge in [0.15, 0.2) is 6.10 Å². The average Bonchev–Trinajstić information content (AvgIpc) is 3.27. The number of ether oxygens (including phenoxy) is 1. The fourth-order valence-electron chi connectivity index (χ4n) is 3.06. The first-order valence-electron chi connectivity index (χ1n) is 9.04. The summed E-state index contributed by atoms with van der Waals surface area (Å²) in [6.07, 6.45) is 0.446. The van der Waals surface area contributed by atoms with Gasteiger partial charge in [0, 0.05) is 17.1 Å². The topological polar surface area (TPSA) is 85.9 Å². The third-order valence-corrected chi connectivity index (χ3v) is 4.61. The van der Waals surface area contributed by atoms with Crippen molar-refractivity contribution in [1.82, 2.24) is 19.7 Å². The minimum absolute atomic E-state index is 0.119. The lowest BCUT2D eigenvalue weighted by atomic mass is 10.2. The van der Waals surface area contributed by atoms with Crippen molar-refractivity contribution in [3.63, 3.8) is 0 Å². The summed E-state index contributed by atoms with van der Waals surface area (Å²) in [5.74, 6) is 1.41. The molecule has 0 saturated carbocycles. The Kier molecular flexibility index (Phi) is 4.92. The van der Waals surface area contributed by atoms with E-state index in [2.05, 4.69) is 15.1 Å². The van der Waals surface area contributed by atoms with Gasteiger partial charge < -0.3 is 14.2 Å². The summed E-state index contributed by atoms with van der Waals surface area (Å²) in [4.78, 5) is 19.4. The van der Waals surface area contributed by atoms with E-state index < -0.39 is 6.10 Å². The van der Waals surface area contributed by atoms with E-state index >= 15 is 0 Å². The number of rotatable bonds is 6. The van der Waals surface area contributed by atoms with Crippen LogP contribution in [0.1, 0.15) is 32.3 Å². The second kappa shape index (κ2) is 7.52. The van der Waals surface area contributed by atoms with Crippen LogP contribution in [0.3, 0.4) is 0 Å². The molecular formula is C20H19ClN4O3. The largest absolute Gasteiger partial charge is 0.481 e. The molecule has 4 rings (SSSR count). The smallest absolute Gasteiger partial charge is 0.326 e.